The topological polar surface area (TPSA) is 44.8 Å². The first-order chi connectivity index (χ1) is 14.2. The molecule has 4 heteroatoms. The average molecular weight is 392 g/mol. The average Bonchev–Trinajstić information content (AvgIpc) is 3.21. The summed E-state index contributed by atoms with van der Waals surface area (Å²) in [4.78, 5) is 12.3. The second-order valence-electron chi connectivity index (χ2n) is 8.57. The Morgan fingerprint density at radius 3 is 2.72 bits per heavy atom. The molecular weight excluding hydrogens is 364 g/mol. The number of ether oxygens (including phenoxy) is 3. The lowest BCUT2D eigenvalue weighted by Gasteiger charge is -2.43. The van der Waals surface area contributed by atoms with Gasteiger partial charge < -0.3 is 14.2 Å². The van der Waals surface area contributed by atoms with Crippen LogP contribution in [-0.4, -0.2) is 32.1 Å². The van der Waals surface area contributed by atoms with Crippen LogP contribution in [0.25, 0.3) is 0 Å². The molecule has 0 bridgehead atoms. The Hall–Kier alpha value is -2.17. The van der Waals surface area contributed by atoms with E-state index in [1.807, 2.05) is 6.07 Å². The van der Waals surface area contributed by atoms with Crippen molar-refractivity contribution in [1.29, 1.82) is 0 Å². The van der Waals surface area contributed by atoms with Crippen LogP contribution in [0.15, 0.2) is 64.8 Å². The minimum Gasteiger partial charge on any atom is -0.465 e. The van der Waals surface area contributed by atoms with Gasteiger partial charge in [-0.15, -0.1) is 0 Å². The van der Waals surface area contributed by atoms with Crippen molar-refractivity contribution in [1.82, 2.24) is 0 Å². The first-order valence-corrected chi connectivity index (χ1v) is 10.7. The van der Waals surface area contributed by atoms with Gasteiger partial charge in [-0.25, -0.2) is 4.79 Å². The van der Waals surface area contributed by atoms with E-state index in [2.05, 4.69) is 36.4 Å². The quantitative estimate of drug-likeness (QED) is 0.710. The lowest BCUT2D eigenvalue weighted by Crippen LogP contribution is -2.39. The van der Waals surface area contributed by atoms with Gasteiger partial charge in [0, 0.05) is 18.8 Å². The van der Waals surface area contributed by atoms with Gasteiger partial charge in [0.25, 0.3) is 0 Å². The van der Waals surface area contributed by atoms with Crippen LogP contribution in [0.1, 0.15) is 37.7 Å². The number of allylic oxidation sites excluding steroid dienone is 4. The van der Waals surface area contributed by atoms with Gasteiger partial charge in [0.1, 0.15) is 0 Å². The van der Waals surface area contributed by atoms with E-state index in [1.165, 1.54) is 23.8 Å². The standard InChI is InChI=1S/C25H28O4/c1-27-24(26)21-14-18-7-8-19-16-25(28-11-12-29-25)10-9-22(19)23(18)20(15-21)13-17-5-3-2-4-6-17/h2-6,14-15,19-20H,7-13,16H2,1H3/t19-,20-/m0/s1. The van der Waals surface area contributed by atoms with Crippen molar-refractivity contribution < 1.29 is 19.0 Å². The normalized spacial score (nSPS) is 27.8. The largest absolute Gasteiger partial charge is 0.465 e. The number of hydrogen-bond acceptors (Lipinski definition) is 4. The highest BCUT2D eigenvalue weighted by Crippen LogP contribution is 2.51. The van der Waals surface area contributed by atoms with E-state index in [4.69, 9.17) is 14.2 Å². The fourth-order valence-corrected chi connectivity index (χ4v) is 5.63. The van der Waals surface area contributed by atoms with Gasteiger partial charge in [-0.1, -0.05) is 42.0 Å². The summed E-state index contributed by atoms with van der Waals surface area (Å²) in [6, 6.07) is 10.6. The third-order valence-electron chi connectivity index (χ3n) is 6.89. The van der Waals surface area contributed by atoms with Crippen LogP contribution >= 0.6 is 0 Å². The first kappa shape index (κ1) is 18.8. The highest BCUT2D eigenvalue weighted by atomic mass is 16.7. The third kappa shape index (κ3) is 3.49. The minimum atomic E-state index is -0.355. The molecular formula is C25H28O4. The van der Waals surface area contributed by atoms with Crippen molar-refractivity contribution in [3.63, 3.8) is 0 Å². The highest BCUT2D eigenvalue weighted by molar-refractivity contribution is 5.92. The summed E-state index contributed by atoms with van der Waals surface area (Å²) in [7, 11) is 1.46. The molecule has 152 valence electrons. The molecule has 1 spiro atoms. The van der Waals surface area contributed by atoms with E-state index in [0.717, 1.165) is 38.5 Å². The lowest BCUT2D eigenvalue weighted by atomic mass is 9.65. The van der Waals surface area contributed by atoms with E-state index in [1.54, 1.807) is 5.57 Å². The van der Waals surface area contributed by atoms with Crippen molar-refractivity contribution in [2.24, 2.45) is 11.8 Å². The number of carbonyl (C=O) groups excluding carboxylic acids is 1. The van der Waals surface area contributed by atoms with Gasteiger partial charge >= 0.3 is 5.97 Å². The molecule has 2 fully saturated rings. The smallest absolute Gasteiger partial charge is 0.337 e. The van der Waals surface area contributed by atoms with E-state index >= 15 is 0 Å². The number of hydrogen-bond donors (Lipinski definition) is 0. The third-order valence-corrected chi connectivity index (χ3v) is 6.89. The lowest BCUT2D eigenvalue weighted by molar-refractivity contribution is -0.180. The summed E-state index contributed by atoms with van der Waals surface area (Å²) in [6.45, 7) is 1.43. The SMILES string of the molecule is COC(=O)C1=C[C@H](Cc2ccccc2)C2=C3CCC4(C[C@@H]3CCC2=C1)OCCO4. The molecule has 1 heterocycles. The zero-order valence-electron chi connectivity index (χ0n) is 17.0. The van der Waals surface area contributed by atoms with Crippen LogP contribution in [0.3, 0.4) is 0 Å². The highest BCUT2D eigenvalue weighted by Gasteiger charge is 2.46. The predicted octanol–water partition coefficient (Wildman–Crippen LogP) is 4.52. The van der Waals surface area contributed by atoms with Crippen LogP contribution in [0.4, 0.5) is 0 Å². The molecule has 0 unspecified atom stereocenters. The predicted molar refractivity (Wildman–Crippen MR) is 110 cm³/mol. The number of carbonyl (C=O) groups is 1. The van der Waals surface area contributed by atoms with Crippen molar-refractivity contribution in [3.8, 4) is 0 Å². The maximum atomic E-state index is 12.3. The van der Waals surface area contributed by atoms with Gasteiger partial charge in [0.15, 0.2) is 5.79 Å². The monoisotopic (exact) mass is 392 g/mol. The molecule has 0 radical (unpaired) electrons. The molecule has 3 aliphatic carbocycles. The Balaban J connectivity index is 1.52. The number of methoxy groups -OCH3 is 1. The fraction of sp³-hybridized carbons (Fsp3) is 0.480. The molecule has 4 nitrogen and oxygen atoms in total. The number of fused-ring (bicyclic) bond motifs is 2. The number of benzene rings is 1. The molecule has 1 aliphatic heterocycles. The first-order valence-electron chi connectivity index (χ1n) is 10.7. The van der Waals surface area contributed by atoms with E-state index in [0.29, 0.717) is 24.7 Å². The van der Waals surface area contributed by atoms with Gasteiger partial charge in [-0.05, 0) is 54.4 Å². The Labute approximate surface area is 172 Å². The molecule has 1 aromatic rings. The molecule has 1 saturated carbocycles. The molecule has 0 amide bonds. The molecule has 4 aliphatic rings. The van der Waals surface area contributed by atoms with E-state index in [9.17, 15) is 4.79 Å². The summed E-state index contributed by atoms with van der Waals surface area (Å²) in [5, 5.41) is 0. The van der Waals surface area contributed by atoms with Crippen LogP contribution in [0.5, 0.6) is 0 Å². The van der Waals surface area contributed by atoms with Crippen molar-refractivity contribution in [2.45, 2.75) is 44.3 Å². The number of rotatable bonds is 3. The Morgan fingerprint density at radius 2 is 1.97 bits per heavy atom. The van der Waals surface area contributed by atoms with Gasteiger partial charge in [0.05, 0.1) is 25.9 Å². The summed E-state index contributed by atoms with van der Waals surface area (Å²) >= 11 is 0. The van der Waals surface area contributed by atoms with Crippen molar-refractivity contribution in [2.75, 3.05) is 20.3 Å². The van der Waals surface area contributed by atoms with Crippen molar-refractivity contribution >= 4 is 5.97 Å². The molecule has 1 saturated heterocycles. The molecule has 0 aromatic heterocycles. The summed E-state index contributed by atoms with van der Waals surface area (Å²) in [6.07, 6.45) is 10.1. The molecule has 29 heavy (non-hydrogen) atoms. The molecule has 0 N–H and O–H groups in total. The van der Waals surface area contributed by atoms with Crippen molar-refractivity contribution in [3.05, 3.63) is 70.3 Å². The number of esters is 1. The maximum absolute atomic E-state index is 12.3. The van der Waals surface area contributed by atoms with Crippen LogP contribution in [0.2, 0.25) is 0 Å². The van der Waals surface area contributed by atoms with Gasteiger partial charge in [0.2, 0.25) is 0 Å². The van der Waals surface area contributed by atoms with Crippen LogP contribution in [0, 0.1) is 11.8 Å². The molecule has 5 rings (SSSR count). The summed E-state index contributed by atoms with van der Waals surface area (Å²) in [5.41, 5.74) is 6.34. The maximum Gasteiger partial charge on any atom is 0.337 e. The van der Waals surface area contributed by atoms with Gasteiger partial charge in [-0.3, -0.25) is 0 Å². The Kier molecular flexibility index (Phi) is 4.92. The van der Waals surface area contributed by atoms with E-state index < -0.39 is 0 Å². The van der Waals surface area contributed by atoms with Gasteiger partial charge in [-0.2, -0.15) is 0 Å². The molecule has 1 aromatic carbocycles. The second-order valence-corrected chi connectivity index (χ2v) is 8.57. The summed E-state index contributed by atoms with van der Waals surface area (Å²) < 4.78 is 17.1. The fourth-order valence-electron chi connectivity index (χ4n) is 5.63. The minimum absolute atomic E-state index is 0.212. The second kappa shape index (κ2) is 7.58. The molecule has 2 atom stereocenters. The van der Waals surface area contributed by atoms with E-state index in [-0.39, 0.29) is 17.7 Å². The van der Waals surface area contributed by atoms with Crippen LogP contribution < -0.4 is 0 Å². The summed E-state index contributed by atoms with van der Waals surface area (Å²) in [5.74, 6) is 0.133. The zero-order valence-corrected chi connectivity index (χ0v) is 17.0. The zero-order chi connectivity index (χ0) is 19.8. The Morgan fingerprint density at radius 1 is 1.17 bits per heavy atom. The van der Waals surface area contributed by atoms with Crippen LogP contribution in [-0.2, 0) is 25.4 Å². The Bertz CT molecular complexity index is 887.